The summed E-state index contributed by atoms with van der Waals surface area (Å²) in [6.07, 6.45) is 7.60. The summed E-state index contributed by atoms with van der Waals surface area (Å²) in [4.78, 5) is 19.9. The van der Waals surface area contributed by atoms with Crippen LogP contribution in [0.4, 0.5) is 5.82 Å². The van der Waals surface area contributed by atoms with Crippen LogP contribution in [0, 0.1) is 11.8 Å². The smallest absolute Gasteiger partial charge is 0.228 e. The number of carbonyl (C=O) groups excluding carboxylic acids is 1. The fourth-order valence-corrected chi connectivity index (χ4v) is 4.81. The molecule has 7 nitrogen and oxygen atoms in total. The van der Waals surface area contributed by atoms with E-state index in [2.05, 4.69) is 31.5 Å². The fourth-order valence-electron chi connectivity index (χ4n) is 4.81. The molecule has 5 rings (SSSR count). The van der Waals surface area contributed by atoms with Gasteiger partial charge in [-0.1, -0.05) is 12.1 Å². The van der Waals surface area contributed by atoms with Crippen molar-refractivity contribution < 1.29 is 9.53 Å². The largest absolute Gasteiger partial charge is 0.379 e. The number of ether oxygens (including phenoxy) is 1. The van der Waals surface area contributed by atoms with Crippen molar-refractivity contribution in [1.29, 1.82) is 0 Å². The molecule has 0 radical (unpaired) electrons. The minimum atomic E-state index is 0.0689. The molecule has 0 spiro atoms. The van der Waals surface area contributed by atoms with E-state index in [-0.39, 0.29) is 11.8 Å². The third-order valence-electron chi connectivity index (χ3n) is 6.68. The van der Waals surface area contributed by atoms with Crippen LogP contribution in [0.15, 0.2) is 48.8 Å². The maximum atomic E-state index is 12.9. The summed E-state index contributed by atoms with van der Waals surface area (Å²) in [6, 6.07) is 11.9. The molecule has 0 bridgehead atoms. The van der Waals surface area contributed by atoms with Crippen LogP contribution in [-0.4, -0.2) is 58.8 Å². The van der Waals surface area contributed by atoms with E-state index >= 15 is 0 Å². The molecule has 0 unspecified atom stereocenters. The van der Waals surface area contributed by atoms with Gasteiger partial charge in [0.1, 0.15) is 5.82 Å². The topological polar surface area (TPSA) is 80.2 Å². The number of hydrogen-bond acceptors (Lipinski definition) is 6. The zero-order valence-electron chi connectivity index (χ0n) is 18.2. The maximum Gasteiger partial charge on any atom is 0.228 e. The van der Waals surface area contributed by atoms with Gasteiger partial charge >= 0.3 is 0 Å². The van der Waals surface area contributed by atoms with Crippen LogP contribution >= 0.6 is 0 Å². The van der Waals surface area contributed by atoms with Gasteiger partial charge in [-0.25, -0.2) is 4.98 Å². The Balaban J connectivity index is 1.20. The van der Waals surface area contributed by atoms with Gasteiger partial charge in [0.05, 0.1) is 18.9 Å². The van der Waals surface area contributed by atoms with Crippen molar-refractivity contribution in [1.82, 2.24) is 20.1 Å². The first-order valence-corrected chi connectivity index (χ1v) is 11.5. The molecule has 3 aromatic rings. The molecule has 1 saturated carbocycles. The minimum Gasteiger partial charge on any atom is -0.379 e. The molecule has 2 aromatic heterocycles. The molecule has 1 aliphatic carbocycles. The monoisotopic (exact) mass is 431 g/mol. The molecular formula is C25H29N5O2. The Bertz CT molecular complexity index is 1060. The second-order valence-corrected chi connectivity index (χ2v) is 8.86. The highest BCUT2D eigenvalue weighted by atomic mass is 16.5. The molecule has 1 aliphatic heterocycles. The van der Waals surface area contributed by atoms with E-state index in [4.69, 9.17) is 4.74 Å². The molecule has 2 aliphatic rings. The van der Waals surface area contributed by atoms with Crippen molar-refractivity contribution in [2.75, 3.05) is 38.2 Å². The quantitative estimate of drug-likeness (QED) is 0.662. The number of rotatable bonds is 5. The van der Waals surface area contributed by atoms with Crippen LogP contribution in [-0.2, 0) is 9.53 Å². The van der Waals surface area contributed by atoms with Gasteiger partial charge in [-0.3, -0.25) is 9.69 Å². The van der Waals surface area contributed by atoms with Crippen LogP contribution < -0.4 is 5.32 Å². The zero-order chi connectivity index (χ0) is 21.8. The van der Waals surface area contributed by atoms with Crippen molar-refractivity contribution >= 4 is 22.5 Å². The number of nitrogens with one attached hydrogen (secondary N) is 1. The van der Waals surface area contributed by atoms with Crippen LogP contribution in [0.5, 0.6) is 0 Å². The van der Waals surface area contributed by atoms with Crippen LogP contribution in [0.1, 0.15) is 25.7 Å². The molecule has 166 valence electrons. The Morgan fingerprint density at radius 3 is 2.69 bits per heavy atom. The Labute approximate surface area is 188 Å². The zero-order valence-corrected chi connectivity index (χ0v) is 18.2. The predicted molar refractivity (Wildman–Crippen MR) is 124 cm³/mol. The average Bonchev–Trinajstić information content (AvgIpc) is 2.85. The van der Waals surface area contributed by atoms with E-state index in [9.17, 15) is 4.79 Å². The lowest BCUT2D eigenvalue weighted by Gasteiger charge is -2.34. The van der Waals surface area contributed by atoms with E-state index in [1.54, 1.807) is 6.20 Å². The van der Waals surface area contributed by atoms with Gasteiger partial charge in [-0.15, -0.1) is 0 Å². The number of fused-ring (bicyclic) bond motifs is 1. The van der Waals surface area contributed by atoms with E-state index < -0.39 is 0 Å². The first-order valence-electron chi connectivity index (χ1n) is 11.5. The lowest BCUT2D eigenvalue weighted by Crippen LogP contribution is -2.40. The highest BCUT2D eigenvalue weighted by Gasteiger charge is 2.28. The van der Waals surface area contributed by atoms with Gasteiger partial charge in [-0.05, 0) is 61.3 Å². The number of nitrogens with zero attached hydrogens (tertiary/aromatic N) is 4. The second kappa shape index (κ2) is 9.71. The first-order chi connectivity index (χ1) is 15.7. The second-order valence-electron chi connectivity index (χ2n) is 8.86. The molecule has 1 N–H and O–H groups in total. The van der Waals surface area contributed by atoms with Gasteiger partial charge in [0.15, 0.2) is 0 Å². The number of aromatic nitrogens is 3. The highest BCUT2D eigenvalue weighted by Crippen LogP contribution is 2.31. The first kappa shape index (κ1) is 21.0. The Morgan fingerprint density at radius 1 is 1.06 bits per heavy atom. The summed E-state index contributed by atoms with van der Waals surface area (Å²) in [6.45, 7) is 4.89. The fraction of sp³-hybridized carbons (Fsp3) is 0.440. The number of benzene rings is 1. The van der Waals surface area contributed by atoms with Crippen molar-refractivity contribution in [2.45, 2.75) is 25.7 Å². The molecule has 3 heterocycles. The molecule has 1 aromatic carbocycles. The minimum absolute atomic E-state index is 0.0689. The van der Waals surface area contributed by atoms with Gasteiger partial charge < -0.3 is 10.1 Å². The highest BCUT2D eigenvalue weighted by molar-refractivity contribution is 5.95. The predicted octanol–water partition coefficient (Wildman–Crippen LogP) is 3.77. The van der Waals surface area contributed by atoms with Gasteiger partial charge in [0, 0.05) is 48.9 Å². The Hall–Kier alpha value is -2.90. The summed E-state index contributed by atoms with van der Waals surface area (Å²) in [5.41, 5.74) is 1.82. The van der Waals surface area contributed by atoms with Gasteiger partial charge in [-0.2, -0.15) is 10.2 Å². The summed E-state index contributed by atoms with van der Waals surface area (Å²) in [7, 11) is 0. The van der Waals surface area contributed by atoms with E-state index in [1.165, 1.54) is 0 Å². The summed E-state index contributed by atoms with van der Waals surface area (Å²) in [5.74, 6) is 1.45. The lowest BCUT2D eigenvalue weighted by atomic mass is 9.81. The summed E-state index contributed by atoms with van der Waals surface area (Å²) in [5, 5.41) is 13.2. The van der Waals surface area contributed by atoms with Crippen LogP contribution in [0.25, 0.3) is 22.0 Å². The Morgan fingerprint density at radius 2 is 1.91 bits per heavy atom. The van der Waals surface area contributed by atoms with E-state index in [0.29, 0.717) is 11.7 Å². The normalized spacial score (nSPS) is 22.0. The number of morpholine rings is 1. The number of amides is 1. The number of hydrogen-bond donors (Lipinski definition) is 1. The number of carbonyl (C=O) groups is 1. The summed E-state index contributed by atoms with van der Waals surface area (Å²) < 4.78 is 5.44. The summed E-state index contributed by atoms with van der Waals surface area (Å²) >= 11 is 0. The molecule has 7 heteroatoms. The number of pyridine rings is 1. The molecular weight excluding hydrogens is 402 g/mol. The molecule has 1 amide bonds. The third-order valence-corrected chi connectivity index (χ3v) is 6.68. The average molecular weight is 432 g/mol. The number of anilines is 1. The van der Waals surface area contributed by atoms with Crippen molar-refractivity contribution in [2.24, 2.45) is 11.8 Å². The lowest BCUT2D eigenvalue weighted by molar-refractivity contribution is -0.121. The third kappa shape index (κ3) is 4.95. The van der Waals surface area contributed by atoms with Crippen molar-refractivity contribution in [3.05, 3.63) is 48.8 Å². The molecule has 1 saturated heterocycles. The maximum absolute atomic E-state index is 12.9. The van der Waals surface area contributed by atoms with Crippen molar-refractivity contribution in [3.63, 3.8) is 0 Å². The van der Waals surface area contributed by atoms with Gasteiger partial charge in [0.25, 0.3) is 0 Å². The molecule has 2 fully saturated rings. The SMILES string of the molecule is O=C(Nc1cc2cc(-c3cccnn3)ccc2cn1)C1CCC(CN2CCOCC2)CC1. The standard InChI is InChI=1S/C25H29N5O2/c31-25(19-5-3-18(4-6-19)17-30-10-12-32-13-11-30)28-24-15-22-14-20(7-8-21(22)16-26-24)23-2-1-9-27-29-23/h1-2,7-9,14-16,18-19H,3-6,10-13,17H2,(H,26,28,31). The van der Waals surface area contributed by atoms with Crippen LogP contribution in [0.3, 0.4) is 0 Å². The molecule has 0 atom stereocenters. The Kier molecular flexibility index (Phi) is 6.36. The van der Waals surface area contributed by atoms with E-state index in [0.717, 1.165) is 80.6 Å². The molecule has 32 heavy (non-hydrogen) atoms. The van der Waals surface area contributed by atoms with Crippen molar-refractivity contribution in [3.8, 4) is 11.3 Å². The van der Waals surface area contributed by atoms with Crippen LogP contribution in [0.2, 0.25) is 0 Å². The van der Waals surface area contributed by atoms with E-state index in [1.807, 2.05) is 36.5 Å². The van der Waals surface area contributed by atoms with Gasteiger partial charge in [0.2, 0.25) is 5.91 Å².